The van der Waals surface area contributed by atoms with Gasteiger partial charge >= 0.3 is 11.9 Å². The number of carbonyl (C=O) groups is 2. The molecule has 4 nitrogen and oxygen atoms in total. The van der Waals surface area contributed by atoms with E-state index in [0.717, 1.165) is 58.4 Å². The lowest BCUT2D eigenvalue weighted by atomic mass is 9.59. The predicted octanol–water partition coefficient (Wildman–Crippen LogP) is 14.3. The van der Waals surface area contributed by atoms with Gasteiger partial charge in [0.25, 0.3) is 0 Å². The van der Waals surface area contributed by atoms with Gasteiger partial charge in [0.1, 0.15) is 17.1 Å². The lowest BCUT2D eigenvalue weighted by molar-refractivity contribution is -0.131. The van der Waals surface area contributed by atoms with E-state index in [1.165, 1.54) is 48.8 Å². The summed E-state index contributed by atoms with van der Waals surface area (Å²) in [5.74, 6) is 1.84. The Morgan fingerprint density at radius 1 is 0.500 bits per heavy atom. The van der Waals surface area contributed by atoms with Crippen LogP contribution in [0.15, 0.2) is 200 Å². The maximum absolute atomic E-state index is 14.2. The first-order chi connectivity index (χ1) is 31.4. The summed E-state index contributed by atoms with van der Waals surface area (Å²) in [6.45, 7) is 4.75. The van der Waals surface area contributed by atoms with Crippen LogP contribution in [0.5, 0.6) is 11.5 Å². The minimum absolute atomic E-state index is 0.252. The molecule has 4 aromatic rings. The SMILES string of the molecule is CCC1CCC2C3=C=C=C(C=C3)C3=C=C=C(C=C3)C(=O)Oc3ccc4ccccc4c3-c3c(ccc4ccccc34)OC(=O)C3=CC=C(CC3)C3=CC=C(CC3)C3CCC(CC)C1=C23. The Morgan fingerprint density at radius 3 is 1.59 bits per heavy atom. The van der Waals surface area contributed by atoms with Gasteiger partial charge in [0.05, 0.1) is 0 Å². The lowest BCUT2D eigenvalue weighted by Gasteiger charge is -2.45. The van der Waals surface area contributed by atoms with Crippen LogP contribution in [0.1, 0.15) is 78.1 Å². The quantitative estimate of drug-likeness (QED) is 0.0874. The standard InChI is InChI=1S/C60H50O4/c1-3-37-29-33-51-45-21-13-39(14-22-45)41-17-25-47(26-18-41)59(61)63-53-35-31-43-9-5-7-11-49(43)57(53)58-50-12-8-6-10-44(50)32-36-54(58)64-60(62)48-27-19-42(20-28-48)40-15-23-46(24-16-40)52-34-30-38(4-2)55(37)56(51)52/h5-13,15,17,19,21,23,25,27,31-32,35-38,51-52H,3-4,14,18,22,26,29-30,33-34H2,1-2H3. The molecule has 314 valence electrons. The highest BCUT2D eigenvalue weighted by molar-refractivity contribution is 6.11. The van der Waals surface area contributed by atoms with Gasteiger partial charge in [-0.3, -0.25) is 0 Å². The summed E-state index contributed by atoms with van der Waals surface area (Å²) in [7, 11) is 0. The minimum Gasteiger partial charge on any atom is -0.422 e. The van der Waals surface area contributed by atoms with Crippen LogP contribution in [0.25, 0.3) is 32.7 Å². The van der Waals surface area contributed by atoms with Crippen molar-refractivity contribution in [3.8, 4) is 22.6 Å². The van der Waals surface area contributed by atoms with E-state index in [2.05, 4.69) is 67.2 Å². The maximum atomic E-state index is 14.2. The van der Waals surface area contributed by atoms with E-state index in [-0.39, 0.29) is 11.5 Å². The highest BCUT2D eigenvalue weighted by Gasteiger charge is 2.41. The van der Waals surface area contributed by atoms with Gasteiger partial charge in [0.15, 0.2) is 0 Å². The zero-order valence-electron chi connectivity index (χ0n) is 36.6. The van der Waals surface area contributed by atoms with Gasteiger partial charge in [-0.2, -0.15) is 0 Å². The van der Waals surface area contributed by atoms with Crippen molar-refractivity contribution in [2.45, 2.75) is 78.1 Å². The number of hydrogen-bond donors (Lipinski definition) is 0. The van der Waals surface area contributed by atoms with Crippen LogP contribution in [0.3, 0.4) is 0 Å². The van der Waals surface area contributed by atoms with Crippen molar-refractivity contribution in [1.82, 2.24) is 0 Å². The zero-order chi connectivity index (χ0) is 43.3. The first-order valence-corrected chi connectivity index (χ1v) is 23.4. The molecule has 4 heteroatoms. The second kappa shape index (κ2) is 16.7. The smallest absolute Gasteiger partial charge is 0.352 e. The van der Waals surface area contributed by atoms with Crippen molar-refractivity contribution in [3.63, 3.8) is 0 Å². The van der Waals surface area contributed by atoms with E-state index in [4.69, 9.17) is 9.47 Å². The highest BCUT2D eigenvalue weighted by atomic mass is 16.5. The summed E-state index contributed by atoms with van der Waals surface area (Å²) in [5.41, 5.74) is 26.2. The third-order valence-electron chi connectivity index (χ3n) is 14.9. The molecule has 6 heterocycles. The fraction of sp³-hybridized carbons (Fsp3) is 0.267. The average Bonchev–Trinajstić information content (AvgIpc) is 3.35. The summed E-state index contributed by atoms with van der Waals surface area (Å²) in [4.78, 5) is 28.3. The molecule has 0 aromatic heterocycles. The van der Waals surface area contributed by atoms with Gasteiger partial charge in [0.2, 0.25) is 0 Å². The molecule has 0 saturated carbocycles. The van der Waals surface area contributed by atoms with Crippen molar-refractivity contribution >= 4 is 33.5 Å². The van der Waals surface area contributed by atoms with E-state index in [1.54, 1.807) is 22.8 Å². The average molecular weight is 835 g/mol. The van der Waals surface area contributed by atoms with Crippen molar-refractivity contribution in [3.05, 3.63) is 200 Å². The molecule has 6 aliphatic heterocycles. The number of fused-ring (bicyclic) bond motifs is 3. The Balaban J connectivity index is 1.08. The molecule has 4 atom stereocenters. The summed E-state index contributed by atoms with van der Waals surface area (Å²) in [6, 6.07) is 23.6. The number of esters is 2. The number of hydrogen-bond acceptors (Lipinski definition) is 4. The fourth-order valence-corrected chi connectivity index (χ4v) is 11.6. The number of allylic oxidation sites excluding steroid dienone is 15. The first-order valence-electron chi connectivity index (χ1n) is 23.4. The van der Waals surface area contributed by atoms with Crippen molar-refractivity contribution < 1.29 is 19.1 Å². The van der Waals surface area contributed by atoms with Crippen LogP contribution in [0, 0.1) is 23.7 Å². The topological polar surface area (TPSA) is 52.6 Å². The molecule has 4 unspecified atom stereocenters. The molecule has 0 amide bonds. The molecule has 12 aliphatic rings. The van der Waals surface area contributed by atoms with Crippen molar-refractivity contribution in [2.75, 3.05) is 0 Å². The Hall–Kier alpha value is -6.88. The van der Waals surface area contributed by atoms with Gasteiger partial charge in [-0.05, 0) is 145 Å². The number of carbonyl (C=O) groups excluding carboxylic acids is 2. The molecule has 0 fully saturated rings. The molecule has 8 bridgehead atoms. The third kappa shape index (κ3) is 7.07. The van der Waals surface area contributed by atoms with Crippen LogP contribution in [0.4, 0.5) is 0 Å². The molecule has 0 radical (unpaired) electrons. The van der Waals surface area contributed by atoms with Crippen LogP contribution >= 0.6 is 0 Å². The first kappa shape index (κ1) is 39.9. The van der Waals surface area contributed by atoms with Crippen molar-refractivity contribution in [2.24, 2.45) is 23.7 Å². The van der Waals surface area contributed by atoms with Crippen LogP contribution in [-0.2, 0) is 9.59 Å². The normalized spacial score (nSPS) is 23.8. The van der Waals surface area contributed by atoms with Crippen LogP contribution in [-0.4, -0.2) is 11.9 Å². The molecule has 64 heavy (non-hydrogen) atoms. The number of rotatable bonds is 2. The van der Waals surface area contributed by atoms with Crippen molar-refractivity contribution in [1.29, 1.82) is 0 Å². The zero-order valence-corrected chi connectivity index (χ0v) is 36.6. The summed E-state index contributed by atoms with van der Waals surface area (Å²) in [6.07, 6.45) is 27.5. The van der Waals surface area contributed by atoms with Gasteiger partial charge < -0.3 is 9.47 Å². The third-order valence-corrected chi connectivity index (χ3v) is 14.9. The largest absolute Gasteiger partial charge is 0.422 e. The van der Waals surface area contributed by atoms with Gasteiger partial charge in [0, 0.05) is 45.3 Å². The molecule has 0 N–H and O–H groups in total. The minimum atomic E-state index is -0.560. The second-order valence-electron chi connectivity index (χ2n) is 18.2. The summed E-state index contributed by atoms with van der Waals surface area (Å²) >= 11 is 0. The second-order valence-corrected chi connectivity index (χ2v) is 18.2. The number of ether oxygens (including phenoxy) is 2. The van der Waals surface area contributed by atoms with Gasteiger partial charge in [-0.15, -0.1) is 0 Å². The fourth-order valence-electron chi connectivity index (χ4n) is 11.6. The highest BCUT2D eigenvalue weighted by Crippen LogP contribution is 2.54. The van der Waals surface area contributed by atoms with E-state index in [1.807, 2.05) is 84.9 Å². The van der Waals surface area contributed by atoms with Crippen LogP contribution in [0.2, 0.25) is 0 Å². The number of benzene rings is 4. The van der Waals surface area contributed by atoms with Gasteiger partial charge in [-0.1, -0.05) is 138 Å². The predicted molar refractivity (Wildman–Crippen MR) is 255 cm³/mol. The Morgan fingerprint density at radius 2 is 1.03 bits per heavy atom. The van der Waals surface area contributed by atoms with Crippen LogP contribution < -0.4 is 9.47 Å². The van der Waals surface area contributed by atoms with E-state index in [0.29, 0.717) is 58.3 Å². The molecule has 16 rings (SSSR count). The molecule has 4 aromatic carbocycles. The lowest BCUT2D eigenvalue weighted by Crippen LogP contribution is -2.33. The Kier molecular flexibility index (Phi) is 10.4. The van der Waals surface area contributed by atoms with E-state index < -0.39 is 5.97 Å². The monoisotopic (exact) mass is 834 g/mol. The van der Waals surface area contributed by atoms with E-state index in [9.17, 15) is 9.59 Å². The molecule has 6 aliphatic carbocycles. The molecule has 0 saturated heterocycles. The summed E-state index contributed by atoms with van der Waals surface area (Å²) in [5, 5.41) is 3.67. The Labute approximate surface area is 375 Å². The maximum Gasteiger partial charge on any atom is 0.352 e. The van der Waals surface area contributed by atoms with Gasteiger partial charge in [-0.25, -0.2) is 9.59 Å². The summed E-state index contributed by atoms with van der Waals surface area (Å²) < 4.78 is 12.7. The molecular formula is C60H50O4. The molecular weight excluding hydrogens is 785 g/mol. The molecule has 0 spiro atoms. The Bertz CT molecular complexity index is 3170. The van der Waals surface area contributed by atoms with E-state index >= 15 is 0 Å².